The Morgan fingerprint density at radius 3 is 2.73 bits per heavy atom. The van der Waals surface area contributed by atoms with Crippen LogP contribution in [0.4, 0.5) is 10.5 Å². The van der Waals surface area contributed by atoms with Crippen LogP contribution in [0.15, 0.2) is 48.5 Å². The standard InChI is InChI=1S/C20H19N3O3/c1-26-19(24)13-7-8-17-15(11-13)16-12-23(10-9-18(16)22-17)20(25)21-14-5-3-2-4-6-14/h2-8,11,22H,9-10,12H2,1H3,(H,21,25). The third kappa shape index (κ3) is 2.90. The van der Waals surface area contributed by atoms with Crippen LogP contribution in [0.1, 0.15) is 21.6 Å². The van der Waals surface area contributed by atoms with Gasteiger partial charge in [-0.05, 0) is 30.3 Å². The molecule has 132 valence electrons. The largest absolute Gasteiger partial charge is 0.465 e. The van der Waals surface area contributed by atoms with Crippen molar-refractivity contribution < 1.29 is 14.3 Å². The van der Waals surface area contributed by atoms with Crippen molar-refractivity contribution in [3.05, 3.63) is 65.4 Å². The number of aromatic nitrogens is 1. The Labute approximate surface area is 150 Å². The number of amides is 2. The molecule has 2 N–H and O–H groups in total. The number of carbonyl (C=O) groups excluding carboxylic acids is 2. The highest BCUT2D eigenvalue weighted by atomic mass is 16.5. The normalized spacial score (nSPS) is 13.3. The maximum atomic E-state index is 12.6. The van der Waals surface area contributed by atoms with E-state index in [9.17, 15) is 9.59 Å². The van der Waals surface area contributed by atoms with Gasteiger partial charge < -0.3 is 19.9 Å². The average molecular weight is 349 g/mol. The fourth-order valence-corrected chi connectivity index (χ4v) is 3.36. The van der Waals surface area contributed by atoms with Gasteiger partial charge in [0, 0.05) is 47.4 Å². The molecule has 1 aliphatic rings. The van der Waals surface area contributed by atoms with Gasteiger partial charge in [0.1, 0.15) is 0 Å². The molecule has 3 aromatic rings. The number of rotatable bonds is 2. The summed E-state index contributed by atoms with van der Waals surface area (Å²) in [6.07, 6.45) is 0.750. The Morgan fingerprint density at radius 1 is 1.15 bits per heavy atom. The van der Waals surface area contributed by atoms with Crippen LogP contribution in [0.2, 0.25) is 0 Å². The van der Waals surface area contributed by atoms with Crippen molar-refractivity contribution in [2.45, 2.75) is 13.0 Å². The molecule has 2 heterocycles. The number of urea groups is 1. The molecule has 0 saturated carbocycles. The van der Waals surface area contributed by atoms with Gasteiger partial charge in [-0.2, -0.15) is 0 Å². The molecule has 0 atom stereocenters. The quantitative estimate of drug-likeness (QED) is 0.695. The van der Waals surface area contributed by atoms with E-state index < -0.39 is 0 Å². The third-order valence-electron chi connectivity index (χ3n) is 4.71. The molecular weight excluding hydrogens is 330 g/mol. The van der Waals surface area contributed by atoms with Gasteiger partial charge in [-0.25, -0.2) is 9.59 Å². The van der Waals surface area contributed by atoms with Gasteiger partial charge in [0.25, 0.3) is 0 Å². The average Bonchev–Trinajstić information content (AvgIpc) is 3.05. The Hall–Kier alpha value is -3.28. The van der Waals surface area contributed by atoms with E-state index in [1.807, 2.05) is 42.5 Å². The lowest BCUT2D eigenvalue weighted by Gasteiger charge is -2.27. The number of benzene rings is 2. The van der Waals surface area contributed by atoms with E-state index in [2.05, 4.69) is 10.3 Å². The Morgan fingerprint density at radius 2 is 1.96 bits per heavy atom. The van der Waals surface area contributed by atoms with E-state index in [-0.39, 0.29) is 12.0 Å². The van der Waals surface area contributed by atoms with E-state index in [1.165, 1.54) is 7.11 Å². The number of para-hydroxylation sites is 1. The molecule has 0 spiro atoms. The van der Waals surface area contributed by atoms with Crippen LogP contribution in [-0.4, -0.2) is 35.5 Å². The summed E-state index contributed by atoms with van der Waals surface area (Å²) >= 11 is 0. The van der Waals surface area contributed by atoms with Crippen molar-refractivity contribution in [3.8, 4) is 0 Å². The maximum Gasteiger partial charge on any atom is 0.337 e. The van der Waals surface area contributed by atoms with Gasteiger partial charge in [-0.3, -0.25) is 0 Å². The first kappa shape index (κ1) is 16.2. The lowest BCUT2D eigenvalue weighted by molar-refractivity contribution is 0.0601. The summed E-state index contributed by atoms with van der Waals surface area (Å²) in [6, 6.07) is 14.7. The van der Waals surface area contributed by atoms with E-state index in [0.29, 0.717) is 18.7 Å². The summed E-state index contributed by atoms with van der Waals surface area (Å²) in [4.78, 5) is 29.6. The molecule has 1 aliphatic heterocycles. The lowest BCUT2D eigenvalue weighted by Crippen LogP contribution is -2.38. The van der Waals surface area contributed by atoms with Gasteiger partial charge >= 0.3 is 12.0 Å². The molecule has 1 aromatic heterocycles. The smallest absolute Gasteiger partial charge is 0.337 e. The second-order valence-corrected chi connectivity index (χ2v) is 6.30. The summed E-state index contributed by atoms with van der Waals surface area (Å²) in [5.74, 6) is -0.365. The monoisotopic (exact) mass is 349 g/mol. The molecule has 6 heteroatoms. The molecule has 2 amide bonds. The number of nitrogens with zero attached hydrogens (tertiary/aromatic N) is 1. The van der Waals surface area contributed by atoms with Crippen LogP contribution in [-0.2, 0) is 17.7 Å². The van der Waals surface area contributed by atoms with Gasteiger partial charge in [0.05, 0.1) is 12.7 Å². The molecule has 0 unspecified atom stereocenters. The Kier molecular flexibility index (Phi) is 4.08. The van der Waals surface area contributed by atoms with Crippen LogP contribution in [0.5, 0.6) is 0 Å². The summed E-state index contributed by atoms with van der Waals surface area (Å²) in [6.45, 7) is 1.14. The molecule has 0 aliphatic carbocycles. The highest BCUT2D eigenvalue weighted by Gasteiger charge is 2.24. The molecule has 0 bridgehead atoms. The number of H-pyrrole nitrogens is 1. The van der Waals surface area contributed by atoms with E-state index in [4.69, 9.17) is 4.74 Å². The minimum atomic E-state index is -0.365. The summed E-state index contributed by atoms with van der Waals surface area (Å²) in [5.41, 5.74) is 4.42. The van der Waals surface area contributed by atoms with Crippen molar-refractivity contribution in [2.24, 2.45) is 0 Å². The van der Waals surface area contributed by atoms with Gasteiger partial charge in [-0.15, -0.1) is 0 Å². The van der Waals surface area contributed by atoms with Gasteiger partial charge in [-0.1, -0.05) is 18.2 Å². The number of methoxy groups -OCH3 is 1. The number of hydrogen-bond acceptors (Lipinski definition) is 3. The zero-order valence-electron chi connectivity index (χ0n) is 14.4. The molecule has 6 nitrogen and oxygen atoms in total. The number of nitrogens with one attached hydrogen (secondary N) is 2. The second-order valence-electron chi connectivity index (χ2n) is 6.30. The zero-order chi connectivity index (χ0) is 18.1. The van der Waals surface area contributed by atoms with Crippen LogP contribution in [0.3, 0.4) is 0 Å². The number of carbonyl (C=O) groups is 2. The predicted octanol–water partition coefficient (Wildman–Crippen LogP) is 3.54. The molecule has 0 fully saturated rings. The minimum absolute atomic E-state index is 0.125. The van der Waals surface area contributed by atoms with Crippen molar-refractivity contribution in [3.63, 3.8) is 0 Å². The first-order valence-electron chi connectivity index (χ1n) is 8.48. The van der Waals surface area contributed by atoms with E-state index >= 15 is 0 Å². The van der Waals surface area contributed by atoms with Gasteiger partial charge in [0.2, 0.25) is 0 Å². The summed E-state index contributed by atoms with van der Waals surface area (Å²) in [5, 5.41) is 3.88. The third-order valence-corrected chi connectivity index (χ3v) is 4.71. The summed E-state index contributed by atoms with van der Waals surface area (Å²) < 4.78 is 4.81. The second kappa shape index (κ2) is 6.55. The summed E-state index contributed by atoms with van der Waals surface area (Å²) in [7, 11) is 1.37. The minimum Gasteiger partial charge on any atom is -0.465 e. The van der Waals surface area contributed by atoms with Gasteiger partial charge in [0.15, 0.2) is 0 Å². The number of ether oxygens (including phenoxy) is 1. The molecule has 2 aromatic carbocycles. The predicted molar refractivity (Wildman–Crippen MR) is 99.2 cm³/mol. The number of esters is 1. The molecule has 0 saturated heterocycles. The zero-order valence-corrected chi connectivity index (χ0v) is 14.4. The maximum absolute atomic E-state index is 12.6. The first-order valence-corrected chi connectivity index (χ1v) is 8.48. The number of aromatic amines is 1. The first-order chi connectivity index (χ1) is 12.7. The van der Waals surface area contributed by atoms with Crippen molar-refractivity contribution in [1.82, 2.24) is 9.88 Å². The SMILES string of the molecule is COC(=O)c1ccc2[nH]c3c(c2c1)CN(C(=O)Nc1ccccc1)CC3. The fourth-order valence-electron chi connectivity index (χ4n) is 3.36. The van der Waals surface area contributed by atoms with Crippen LogP contribution in [0.25, 0.3) is 10.9 Å². The van der Waals surface area contributed by atoms with Crippen molar-refractivity contribution >= 4 is 28.6 Å². The highest BCUT2D eigenvalue weighted by Crippen LogP contribution is 2.29. The number of hydrogen-bond donors (Lipinski definition) is 2. The van der Waals surface area contributed by atoms with Crippen LogP contribution >= 0.6 is 0 Å². The Bertz CT molecular complexity index is 979. The number of anilines is 1. The van der Waals surface area contributed by atoms with Crippen molar-refractivity contribution in [2.75, 3.05) is 19.0 Å². The van der Waals surface area contributed by atoms with Crippen LogP contribution in [0, 0.1) is 0 Å². The van der Waals surface area contributed by atoms with E-state index in [1.54, 1.807) is 11.0 Å². The number of fused-ring (bicyclic) bond motifs is 3. The highest BCUT2D eigenvalue weighted by molar-refractivity contribution is 5.96. The molecular formula is C20H19N3O3. The lowest BCUT2D eigenvalue weighted by atomic mass is 10.0. The fraction of sp³-hybridized carbons (Fsp3) is 0.200. The molecule has 0 radical (unpaired) electrons. The molecule has 26 heavy (non-hydrogen) atoms. The van der Waals surface area contributed by atoms with Crippen molar-refractivity contribution in [1.29, 1.82) is 0 Å². The van der Waals surface area contributed by atoms with E-state index in [0.717, 1.165) is 34.3 Å². The molecule has 4 rings (SSSR count). The Balaban J connectivity index is 1.60. The topological polar surface area (TPSA) is 74.4 Å². The van der Waals surface area contributed by atoms with Crippen LogP contribution < -0.4 is 5.32 Å².